The van der Waals surface area contributed by atoms with Crippen molar-refractivity contribution in [2.24, 2.45) is 4.99 Å². The van der Waals surface area contributed by atoms with Crippen molar-refractivity contribution in [2.45, 2.75) is 62.4 Å². The van der Waals surface area contributed by atoms with Gasteiger partial charge in [0.2, 0.25) is 5.91 Å². The molecule has 1 aliphatic carbocycles. The molecule has 2 N–H and O–H groups in total. The zero-order valence-electron chi connectivity index (χ0n) is 19.8. The van der Waals surface area contributed by atoms with Gasteiger partial charge in [0.25, 0.3) is 0 Å². The van der Waals surface area contributed by atoms with Gasteiger partial charge in [-0.05, 0) is 43.9 Å². The summed E-state index contributed by atoms with van der Waals surface area (Å²) in [6, 6.07) is 11.5. The van der Waals surface area contributed by atoms with E-state index in [-0.39, 0.29) is 36.4 Å². The van der Waals surface area contributed by atoms with E-state index in [0.717, 1.165) is 43.7 Å². The van der Waals surface area contributed by atoms with E-state index in [1.54, 1.807) is 19.0 Å². The van der Waals surface area contributed by atoms with Gasteiger partial charge in [-0.25, -0.2) is 4.99 Å². The van der Waals surface area contributed by atoms with Crippen LogP contribution in [-0.4, -0.2) is 79.0 Å². The number of likely N-dealkylation sites (tertiary alicyclic amines) is 1. The zero-order chi connectivity index (χ0) is 22.1. The smallest absolute Gasteiger partial charge is 0.243 e. The summed E-state index contributed by atoms with van der Waals surface area (Å²) >= 11 is 1.97. The number of thioether (sulfide) groups is 1. The van der Waals surface area contributed by atoms with E-state index >= 15 is 0 Å². The average Bonchev–Trinajstić information content (AvgIpc) is 2.79. The number of likely N-dealkylation sites (N-methyl/N-ethyl adjacent to an activating group) is 1. The third kappa shape index (κ3) is 9.09. The maximum atomic E-state index is 12.1. The lowest BCUT2D eigenvalue weighted by Gasteiger charge is -2.35. The minimum Gasteiger partial charge on any atom is -0.354 e. The molecule has 2 fully saturated rings. The molecule has 3 rings (SSSR count). The van der Waals surface area contributed by atoms with Crippen LogP contribution in [0.1, 0.15) is 44.1 Å². The van der Waals surface area contributed by atoms with Gasteiger partial charge in [0, 0.05) is 51.1 Å². The van der Waals surface area contributed by atoms with Gasteiger partial charge in [-0.15, -0.1) is 24.0 Å². The second-order valence-electron chi connectivity index (χ2n) is 9.00. The Balaban J connectivity index is 0.00000363. The van der Waals surface area contributed by atoms with Crippen molar-refractivity contribution in [3.63, 3.8) is 0 Å². The monoisotopic (exact) mass is 573 g/mol. The average molecular weight is 574 g/mol. The fourth-order valence-corrected chi connectivity index (χ4v) is 5.20. The maximum absolute atomic E-state index is 12.1. The molecule has 8 heteroatoms. The Bertz CT molecular complexity index is 710. The lowest BCUT2D eigenvalue weighted by atomic mass is 9.95. The molecule has 1 aromatic carbocycles. The minimum atomic E-state index is 0. The van der Waals surface area contributed by atoms with E-state index in [1.807, 2.05) is 11.8 Å². The SMILES string of the molecule is CSC1CCCC(NC(=NCC(=O)N(C)C)NC2CCN(Cc3ccccc3)CC2)C1.I. The van der Waals surface area contributed by atoms with Gasteiger partial charge in [0.1, 0.15) is 6.54 Å². The van der Waals surface area contributed by atoms with E-state index in [9.17, 15) is 4.79 Å². The fraction of sp³-hybridized carbons (Fsp3) is 0.667. The van der Waals surface area contributed by atoms with Crippen molar-refractivity contribution < 1.29 is 4.79 Å². The quantitative estimate of drug-likeness (QED) is 0.297. The molecule has 0 radical (unpaired) electrons. The van der Waals surface area contributed by atoms with Gasteiger partial charge in [0.15, 0.2) is 5.96 Å². The number of halogens is 1. The molecule has 1 aliphatic heterocycles. The van der Waals surface area contributed by atoms with E-state index in [4.69, 9.17) is 0 Å². The molecule has 1 heterocycles. The number of amides is 1. The van der Waals surface area contributed by atoms with Crippen LogP contribution in [-0.2, 0) is 11.3 Å². The van der Waals surface area contributed by atoms with Crippen LogP contribution >= 0.6 is 35.7 Å². The first kappa shape index (κ1) is 27.2. The van der Waals surface area contributed by atoms with Crippen LogP contribution in [0.15, 0.2) is 35.3 Å². The highest BCUT2D eigenvalue weighted by atomic mass is 127. The number of carbonyl (C=O) groups is 1. The number of guanidine groups is 1. The van der Waals surface area contributed by atoms with Crippen molar-refractivity contribution in [1.29, 1.82) is 0 Å². The van der Waals surface area contributed by atoms with E-state index < -0.39 is 0 Å². The first-order chi connectivity index (χ1) is 15.0. The Morgan fingerprint density at radius 1 is 1.09 bits per heavy atom. The van der Waals surface area contributed by atoms with Crippen LogP contribution in [0.4, 0.5) is 0 Å². The van der Waals surface area contributed by atoms with Gasteiger partial charge in [-0.3, -0.25) is 9.69 Å². The van der Waals surface area contributed by atoms with Crippen molar-refractivity contribution in [3.05, 3.63) is 35.9 Å². The van der Waals surface area contributed by atoms with Crippen molar-refractivity contribution in [3.8, 4) is 0 Å². The summed E-state index contributed by atoms with van der Waals surface area (Å²) in [6.45, 7) is 3.36. The molecule has 0 aromatic heterocycles. The number of rotatable bonds is 7. The van der Waals surface area contributed by atoms with Crippen LogP contribution in [0.25, 0.3) is 0 Å². The van der Waals surface area contributed by atoms with Crippen LogP contribution in [0, 0.1) is 0 Å². The van der Waals surface area contributed by atoms with E-state index in [2.05, 4.69) is 57.1 Å². The lowest BCUT2D eigenvalue weighted by molar-refractivity contribution is -0.127. The summed E-state index contributed by atoms with van der Waals surface area (Å²) in [5.74, 6) is 0.841. The number of carbonyl (C=O) groups excluding carboxylic acids is 1. The molecule has 0 bridgehead atoms. The van der Waals surface area contributed by atoms with Crippen molar-refractivity contribution in [1.82, 2.24) is 20.4 Å². The number of hydrogen-bond donors (Lipinski definition) is 2. The standard InChI is InChI=1S/C24H39N5OS.HI/c1-28(2)23(30)17-25-24(27-21-10-7-11-22(16-21)31-3)26-20-12-14-29(15-13-20)18-19-8-5-4-6-9-19;/h4-6,8-9,20-22H,7,10-18H2,1-3H3,(H2,25,26,27);1H. The Kier molecular flexibility index (Phi) is 12.2. The van der Waals surface area contributed by atoms with Crippen molar-refractivity contribution in [2.75, 3.05) is 40.0 Å². The molecule has 1 saturated carbocycles. The number of aliphatic imine (C=N–C) groups is 1. The molecule has 32 heavy (non-hydrogen) atoms. The largest absolute Gasteiger partial charge is 0.354 e. The Hall–Kier alpha value is -1.000. The number of hydrogen-bond acceptors (Lipinski definition) is 4. The highest BCUT2D eigenvalue weighted by Gasteiger charge is 2.24. The van der Waals surface area contributed by atoms with E-state index in [1.165, 1.54) is 31.2 Å². The third-order valence-corrected chi connectivity index (χ3v) is 7.44. The lowest BCUT2D eigenvalue weighted by Crippen LogP contribution is -2.52. The fourth-order valence-electron chi connectivity index (χ4n) is 4.37. The van der Waals surface area contributed by atoms with Crippen LogP contribution in [0.2, 0.25) is 0 Å². The first-order valence-electron chi connectivity index (χ1n) is 11.6. The Morgan fingerprint density at radius 3 is 2.44 bits per heavy atom. The molecule has 1 saturated heterocycles. The summed E-state index contributed by atoms with van der Waals surface area (Å²) in [4.78, 5) is 20.9. The van der Waals surface area contributed by atoms with E-state index in [0.29, 0.717) is 12.1 Å². The number of nitrogens with zero attached hydrogens (tertiary/aromatic N) is 3. The normalized spacial score (nSPS) is 22.7. The summed E-state index contributed by atoms with van der Waals surface area (Å²) in [7, 11) is 3.57. The first-order valence-corrected chi connectivity index (χ1v) is 12.9. The summed E-state index contributed by atoms with van der Waals surface area (Å²) in [5.41, 5.74) is 1.38. The van der Waals surface area contributed by atoms with Gasteiger partial charge in [-0.1, -0.05) is 36.8 Å². The molecule has 2 aliphatic rings. The van der Waals surface area contributed by atoms with Crippen molar-refractivity contribution >= 4 is 47.6 Å². The van der Waals surface area contributed by atoms with Gasteiger partial charge >= 0.3 is 0 Å². The number of benzene rings is 1. The number of nitrogens with one attached hydrogen (secondary N) is 2. The third-order valence-electron chi connectivity index (χ3n) is 6.35. The topological polar surface area (TPSA) is 60.0 Å². The maximum Gasteiger partial charge on any atom is 0.243 e. The van der Waals surface area contributed by atoms with Crippen LogP contribution < -0.4 is 10.6 Å². The second kappa shape index (κ2) is 14.3. The Labute approximate surface area is 215 Å². The van der Waals surface area contributed by atoms with Crippen LogP contribution in [0.5, 0.6) is 0 Å². The predicted octanol–water partition coefficient (Wildman–Crippen LogP) is 3.57. The van der Waals surface area contributed by atoms with Gasteiger partial charge in [-0.2, -0.15) is 11.8 Å². The Morgan fingerprint density at radius 2 is 1.78 bits per heavy atom. The molecular weight excluding hydrogens is 533 g/mol. The predicted molar refractivity (Wildman–Crippen MR) is 147 cm³/mol. The second-order valence-corrected chi connectivity index (χ2v) is 10.1. The zero-order valence-corrected chi connectivity index (χ0v) is 22.9. The molecule has 6 nitrogen and oxygen atoms in total. The van der Waals surface area contributed by atoms with Gasteiger partial charge in [0.05, 0.1) is 0 Å². The summed E-state index contributed by atoms with van der Waals surface area (Å²) < 4.78 is 0. The molecule has 2 atom stereocenters. The molecule has 2 unspecified atom stereocenters. The molecular formula is C24H40IN5OS. The molecule has 180 valence electrons. The summed E-state index contributed by atoms with van der Waals surface area (Å²) in [6.07, 6.45) is 9.29. The molecule has 0 spiro atoms. The van der Waals surface area contributed by atoms with Crippen LogP contribution in [0.3, 0.4) is 0 Å². The highest BCUT2D eigenvalue weighted by molar-refractivity contribution is 14.0. The summed E-state index contributed by atoms with van der Waals surface area (Å²) in [5, 5.41) is 8.02. The molecule has 1 amide bonds. The molecule has 1 aromatic rings. The van der Waals surface area contributed by atoms with Gasteiger partial charge < -0.3 is 15.5 Å². The number of piperidine rings is 1. The highest BCUT2D eigenvalue weighted by Crippen LogP contribution is 2.27. The minimum absolute atomic E-state index is 0.